The van der Waals surface area contributed by atoms with Gasteiger partial charge >= 0.3 is 6.09 Å². The Bertz CT molecular complexity index is 403. The molecule has 1 heterocycles. The normalized spacial score (nSPS) is 18.4. The van der Waals surface area contributed by atoms with Gasteiger partial charge in [-0.05, 0) is 19.0 Å². The summed E-state index contributed by atoms with van der Waals surface area (Å²) in [6.07, 6.45) is 0.568. The van der Waals surface area contributed by atoms with Gasteiger partial charge in [0.2, 0.25) is 0 Å². The van der Waals surface area contributed by atoms with Crippen molar-refractivity contribution in [3.63, 3.8) is 0 Å². The Kier molecular flexibility index (Phi) is 4.41. The minimum atomic E-state index is -0.380. The van der Waals surface area contributed by atoms with Crippen LogP contribution in [0.1, 0.15) is 12.0 Å². The molecule has 98 valence electrons. The lowest BCUT2D eigenvalue weighted by atomic mass is 10.2. The van der Waals surface area contributed by atoms with Gasteiger partial charge in [0.1, 0.15) is 12.4 Å². The van der Waals surface area contributed by atoms with Crippen molar-refractivity contribution in [3.8, 4) is 5.75 Å². The monoisotopic (exact) mass is 250 g/mol. The highest BCUT2D eigenvalue weighted by molar-refractivity contribution is 5.67. The molecule has 0 aliphatic carbocycles. The first kappa shape index (κ1) is 12.7. The highest BCUT2D eigenvalue weighted by Gasteiger charge is 2.17. The molecule has 1 saturated heterocycles. The molecule has 2 rings (SSSR count). The lowest BCUT2D eigenvalue weighted by Gasteiger charge is -2.12. The van der Waals surface area contributed by atoms with Gasteiger partial charge < -0.3 is 20.1 Å². The summed E-state index contributed by atoms with van der Waals surface area (Å²) in [5.74, 6) is 0.729. The van der Waals surface area contributed by atoms with Crippen LogP contribution in [0, 0.1) is 0 Å². The third kappa shape index (κ3) is 3.37. The average Bonchev–Trinajstić information content (AvgIpc) is 2.89. The Morgan fingerprint density at radius 1 is 1.50 bits per heavy atom. The Labute approximate surface area is 106 Å². The Morgan fingerprint density at radius 3 is 3.06 bits per heavy atom. The number of alkyl carbamates (subject to hydrolysis) is 1. The molecule has 1 aromatic rings. The fourth-order valence-corrected chi connectivity index (χ4v) is 1.95. The average molecular weight is 250 g/mol. The smallest absolute Gasteiger partial charge is 0.407 e. The van der Waals surface area contributed by atoms with Crippen LogP contribution in [0.3, 0.4) is 0 Å². The van der Waals surface area contributed by atoms with Gasteiger partial charge in [-0.1, -0.05) is 18.2 Å². The molecule has 1 amide bonds. The Hall–Kier alpha value is -1.75. The van der Waals surface area contributed by atoms with E-state index in [1.54, 1.807) is 7.11 Å². The van der Waals surface area contributed by atoms with E-state index in [1.165, 1.54) is 0 Å². The lowest BCUT2D eigenvalue weighted by molar-refractivity contribution is 0.135. The molecule has 1 aromatic carbocycles. The van der Waals surface area contributed by atoms with Crippen LogP contribution in [0.2, 0.25) is 0 Å². The van der Waals surface area contributed by atoms with Crippen LogP contribution in [0.5, 0.6) is 5.75 Å². The molecular formula is C13H18N2O3. The maximum atomic E-state index is 11.6. The second-order valence-electron chi connectivity index (χ2n) is 4.22. The van der Waals surface area contributed by atoms with E-state index in [9.17, 15) is 4.79 Å². The van der Waals surface area contributed by atoms with Crippen molar-refractivity contribution in [1.29, 1.82) is 0 Å². The van der Waals surface area contributed by atoms with Crippen molar-refractivity contribution < 1.29 is 14.3 Å². The molecule has 18 heavy (non-hydrogen) atoms. The summed E-state index contributed by atoms with van der Waals surface area (Å²) in [6, 6.07) is 7.67. The van der Waals surface area contributed by atoms with Crippen molar-refractivity contribution >= 4 is 6.09 Å². The van der Waals surface area contributed by atoms with E-state index < -0.39 is 0 Å². The van der Waals surface area contributed by atoms with Crippen molar-refractivity contribution in [2.24, 2.45) is 0 Å². The summed E-state index contributed by atoms with van der Waals surface area (Å²) in [5.41, 5.74) is 0.861. The first-order valence-corrected chi connectivity index (χ1v) is 6.05. The molecule has 1 aliphatic rings. The number of hydrogen-bond donors (Lipinski definition) is 2. The van der Waals surface area contributed by atoms with Crippen LogP contribution in [0.15, 0.2) is 24.3 Å². The van der Waals surface area contributed by atoms with E-state index in [4.69, 9.17) is 9.47 Å². The van der Waals surface area contributed by atoms with E-state index >= 15 is 0 Å². The summed E-state index contributed by atoms with van der Waals surface area (Å²) >= 11 is 0. The first-order chi connectivity index (χ1) is 8.79. The SMILES string of the molecule is COc1ccccc1COC(=O)NC1CCNC1. The molecule has 1 fully saturated rings. The molecule has 5 heteroatoms. The van der Waals surface area contributed by atoms with Crippen LogP contribution in [0.4, 0.5) is 4.79 Å². The molecule has 0 spiro atoms. The number of carbonyl (C=O) groups excluding carboxylic acids is 1. The van der Waals surface area contributed by atoms with Crippen LogP contribution in [0.25, 0.3) is 0 Å². The third-order valence-electron chi connectivity index (χ3n) is 2.93. The molecule has 0 aromatic heterocycles. The van der Waals surface area contributed by atoms with Gasteiger partial charge in [0.25, 0.3) is 0 Å². The highest BCUT2D eigenvalue weighted by Crippen LogP contribution is 2.17. The molecule has 1 aliphatic heterocycles. The van der Waals surface area contributed by atoms with E-state index in [0.29, 0.717) is 0 Å². The quantitative estimate of drug-likeness (QED) is 0.845. The summed E-state index contributed by atoms with van der Waals surface area (Å²) in [4.78, 5) is 11.6. The van der Waals surface area contributed by atoms with E-state index in [1.807, 2.05) is 24.3 Å². The zero-order chi connectivity index (χ0) is 12.8. The summed E-state index contributed by atoms with van der Waals surface area (Å²) in [7, 11) is 1.60. The summed E-state index contributed by atoms with van der Waals surface area (Å²) < 4.78 is 10.4. The Morgan fingerprint density at radius 2 is 2.33 bits per heavy atom. The van der Waals surface area contributed by atoms with Crippen LogP contribution >= 0.6 is 0 Å². The van der Waals surface area contributed by atoms with Crippen LogP contribution in [-0.4, -0.2) is 32.3 Å². The number of methoxy groups -OCH3 is 1. The van der Waals surface area contributed by atoms with Gasteiger partial charge in [-0.3, -0.25) is 0 Å². The molecule has 1 unspecified atom stereocenters. The number of ether oxygens (including phenoxy) is 2. The zero-order valence-electron chi connectivity index (χ0n) is 10.4. The van der Waals surface area contributed by atoms with E-state index in [0.717, 1.165) is 30.8 Å². The van der Waals surface area contributed by atoms with Gasteiger partial charge in [-0.2, -0.15) is 0 Å². The number of para-hydroxylation sites is 1. The van der Waals surface area contributed by atoms with Crippen LogP contribution < -0.4 is 15.4 Å². The third-order valence-corrected chi connectivity index (χ3v) is 2.93. The maximum Gasteiger partial charge on any atom is 0.407 e. The summed E-state index contributed by atoms with van der Waals surface area (Å²) in [5, 5.41) is 6.00. The number of amides is 1. The molecule has 5 nitrogen and oxygen atoms in total. The number of carbonyl (C=O) groups is 1. The second kappa shape index (κ2) is 6.26. The van der Waals surface area contributed by atoms with Crippen molar-refractivity contribution in [1.82, 2.24) is 10.6 Å². The Balaban J connectivity index is 1.81. The number of nitrogens with one attached hydrogen (secondary N) is 2. The molecule has 0 radical (unpaired) electrons. The van der Waals surface area contributed by atoms with Crippen LogP contribution in [-0.2, 0) is 11.3 Å². The summed E-state index contributed by atoms with van der Waals surface area (Å²) in [6.45, 7) is 1.97. The molecule has 2 N–H and O–H groups in total. The van der Waals surface area contributed by atoms with Gasteiger partial charge in [0.15, 0.2) is 0 Å². The van der Waals surface area contributed by atoms with E-state index in [-0.39, 0.29) is 18.7 Å². The van der Waals surface area contributed by atoms with Crippen molar-refractivity contribution in [2.75, 3.05) is 20.2 Å². The van der Waals surface area contributed by atoms with E-state index in [2.05, 4.69) is 10.6 Å². The fourth-order valence-electron chi connectivity index (χ4n) is 1.95. The fraction of sp³-hybridized carbons (Fsp3) is 0.462. The predicted molar refractivity (Wildman–Crippen MR) is 67.6 cm³/mol. The van der Waals surface area contributed by atoms with Gasteiger partial charge in [-0.15, -0.1) is 0 Å². The second-order valence-corrected chi connectivity index (χ2v) is 4.22. The topological polar surface area (TPSA) is 59.6 Å². The van der Waals surface area contributed by atoms with Gasteiger partial charge in [-0.25, -0.2) is 4.79 Å². The highest BCUT2D eigenvalue weighted by atomic mass is 16.5. The number of benzene rings is 1. The zero-order valence-corrected chi connectivity index (χ0v) is 10.4. The molecular weight excluding hydrogens is 232 g/mol. The maximum absolute atomic E-state index is 11.6. The minimum Gasteiger partial charge on any atom is -0.496 e. The predicted octanol–water partition coefficient (Wildman–Crippen LogP) is 1.28. The van der Waals surface area contributed by atoms with Crippen molar-refractivity contribution in [2.45, 2.75) is 19.1 Å². The molecule has 0 saturated carbocycles. The molecule has 0 bridgehead atoms. The number of hydrogen-bond acceptors (Lipinski definition) is 4. The van der Waals surface area contributed by atoms with Crippen molar-refractivity contribution in [3.05, 3.63) is 29.8 Å². The first-order valence-electron chi connectivity index (χ1n) is 6.05. The largest absolute Gasteiger partial charge is 0.496 e. The van der Waals surface area contributed by atoms with Gasteiger partial charge in [0.05, 0.1) is 7.11 Å². The minimum absolute atomic E-state index is 0.176. The number of rotatable bonds is 4. The van der Waals surface area contributed by atoms with Gasteiger partial charge in [0, 0.05) is 18.2 Å². The standard InChI is InChI=1S/C13H18N2O3/c1-17-12-5-3-2-4-10(12)9-18-13(16)15-11-6-7-14-8-11/h2-5,11,14H,6-9H2,1H3,(H,15,16). The lowest BCUT2D eigenvalue weighted by Crippen LogP contribution is -2.36. The molecule has 1 atom stereocenters.